The Labute approximate surface area is 74.7 Å². The first-order valence-corrected chi connectivity index (χ1v) is 5.03. The monoisotopic (exact) mass is 169 g/mol. The van der Waals surface area contributed by atoms with Gasteiger partial charge in [0.15, 0.2) is 0 Å². The van der Waals surface area contributed by atoms with E-state index in [2.05, 4.69) is 12.2 Å². The molecule has 0 aromatic heterocycles. The topological polar surface area (TPSA) is 29.1 Å². The van der Waals surface area contributed by atoms with E-state index in [4.69, 9.17) is 0 Å². The Balaban J connectivity index is 2.12. The van der Waals surface area contributed by atoms with Crippen LogP contribution in [0.25, 0.3) is 0 Å². The minimum absolute atomic E-state index is 0.529. The van der Waals surface area contributed by atoms with E-state index in [9.17, 15) is 4.79 Å². The summed E-state index contributed by atoms with van der Waals surface area (Å²) < 4.78 is 0. The van der Waals surface area contributed by atoms with Gasteiger partial charge in [0, 0.05) is 6.04 Å². The van der Waals surface area contributed by atoms with E-state index in [-0.39, 0.29) is 0 Å². The number of carbonyl (C=O) groups excluding carboxylic acids is 1. The number of hydrogen-bond acceptors (Lipinski definition) is 2. The van der Waals surface area contributed by atoms with Crippen molar-refractivity contribution in [3.05, 3.63) is 0 Å². The van der Waals surface area contributed by atoms with Crippen molar-refractivity contribution in [2.24, 2.45) is 5.92 Å². The molecular formula is C10H19NO. The zero-order chi connectivity index (χ0) is 8.81. The van der Waals surface area contributed by atoms with Gasteiger partial charge in [0.05, 0.1) is 6.54 Å². The third-order valence-corrected chi connectivity index (χ3v) is 2.91. The molecule has 0 unspecified atom stereocenters. The molecule has 2 heteroatoms. The lowest BCUT2D eigenvalue weighted by molar-refractivity contribution is -0.107. The van der Waals surface area contributed by atoms with E-state index in [0.29, 0.717) is 12.6 Å². The maximum Gasteiger partial charge on any atom is 0.133 e. The molecule has 0 aromatic rings. The largest absolute Gasteiger partial charge is 0.307 e. The smallest absolute Gasteiger partial charge is 0.133 e. The first-order chi connectivity index (χ1) is 5.86. The fraction of sp³-hybridized carbons (Fsp3) is 0.900. The highest BCUT2D eigenvalue weighted by molar-refractivity contribution is 5.51. The minimum atomic E-state index is 0.529. The van der Waals surface area contributed by atoms with E-state index in [1.54, 1.807) is 0 Å². The van der Waals surface area contributed by atoms with Crippen molar-refractivity contribution in [1.82, 2.24) is 5.32 Å². The van der Waals surface area contributed by atoms with Gasteiger partial charge >= 0.3 is 0 Å². The maximum atomic E-state index is 10.1. The molecule has 1 rings (SSSR count). The molecule has 0 spiro atoms. The van der Waals surface area contributed by atoms with Crippen molar-refractivity contribution in [3.63, 3.8) is 0 Å². The molecule has 12 heavy (non-hydrogen) atoms. The molecule has 1 aliphatic carbocycles. The predicted molar refractivity (Wildman–Crippen MR) is 50.1 cm³/mol. The first kappa shape index (κ1) is 9.72. The summed E-state index contributed by atoms with van der Waals surface area (Å²) in [5.41, 5.74) is 0. The van der Waals surface area contributed by atoms with Crippen molar-refractivity contribution >= 4 is 6.29 Å². The summed E-state index contributed by atoms with van der Waals surface area (Å²) in [6.07, 6.45) is 7.46. The summed E-state index contributed by atoms with van der Waals surface area (Å²) in [7, 11) is 0. The highest BCUT2D eigenvalue weighted by Gasteiger charge is 2.18. The van der Waals surface area contributed by atoms with Crippen LogP contribution < -0.4 is 5.32 Å². The second kappa shape index (κ2) is 5.31. The molecule has 0 aliphatic heterocycles. The van der Waals surface area contributed by atoms with Gasteiger partial charge in [0.2, 0.25) is 0 Å². The number of hydrogen-bond donors (Lipinski definition) is 1. The van der Waals surface area contributed by atoms with Gasteiger partial charge in [0.25, 0.3) is 0 Å². The number of rotatable bonds is 4. The van der Waals surface area contributed by atoms with Crippen molar-refractivity contribution in [2.75, 3.05) is 6.54 Å². The molecular weight excluding hydrogens is 150 g/mol. The quantitative estimate of drug-likeness (QED) is 0.649. The molecule has 0 heterocycles. The van der Waals surface area contributed by atoms with Crippen LogP contribution in [0.15, 0.2) is 0 Å². The third-order valence-electron chi connectivity index (χ3n) is 2.91. The van der Waals surface area contributed by atoms with E-state index < -0.39 is 0 Å². The summed E-state index contributed by atoms with van der Waals surface area (Å²) >= 11 is 0. The van der Waals surface area contributed by atoms with Gasteiger partial charge in [-0.2, -0.15) is 0 Å². The highest BCUT2D eigenvalue weighted by Crippen LogP contribution is 2.26. The Morgan fingerprint density at radius 1 is 1.33 bits per heavy atom. The van der Waals surface area contributed by atoms with Gasteiger partial charge in [-0.05, 0) is 31.6 Å². The van der Waals surface area contributed by atoms with Gasteiger partial charge in [-0.15, -0.1) is 0 Å². The summed E-state index contributed by atoms with van der Waals surface area (Å²) in [5.74, 6) is 0.944. The molecule has 1 fully saturated rings. The van der Waals surface area contributed by atoms with Crippen LogP contribution >= 0.6 is 0 Å². The Morgan fingerprint density at radius 3 is 2.50 bits per heavy atom. The van der Waals surface area contributed by atoms with E-state index >= 15 is 0 Å². The summed E-state index contributed by atoms with van der Waals surface area (Å²) in [5, 5.41) is 3.25. The zero-order valence-corrected chi connectivity index (χ0v) is 7.88. The Morgan fingerprint density at radius 2 is 2.00 bits per heavy atom. The van der Waals surface area contributed by atoms with Crippen LogP contribution in [-0.2, 0) is 4.79 Å². The summed E-state index contributed by atoms with van der Waals surface area (Å²) in [4.78, 5) is 10.1. The normalized spacial score (nSPS) is 30.1. The molecule has 70 valence electrons. The molecule has 1 saturated carbocycles. The third kappa shape index (κ3) is 2.94. The van der Waals surface area contributed by atoms with E-state index in [0.717, 1.165) is 12.2 Å². The summed E-state index contributed by atoms with van der Waals surface area (Å²) in [6.45, 7) is 2.80. The fourth-order valence-corrected chi connectivity index (χ4v) is 1.99. The standard InChI is InChI=1S/C10H19NO/c1-2-9-3-5-10(6-4-9)11-7-8-12/h8-11H,2-7H2,1H3. The number of nitrogens with one attached hydrogen (secondary N) is 1. The maximum absolute atomic E-state index is 10.1. The van der Waals surface area contributed by atoms with Crippen molar-refractivity contribution in [3.8, 4) is 0 Å². The second-order valence-corrected chi connectivity index (χ2v) is 3.70. The van der Waals surface area contributed by atoms with Crippen LogP contribution in [0.3, 0.4) is 0 Å². The van der Waals surface area contributed by atoms with Crippen LogP contribution in [-0.4, -0.2) is 18.9 Å². The molecule has 2 nitrogen and oxygen atoms in total. The number of carbonyl (C=O) groups is 1. The van der Waals surface area contributed by atoms with Gasteiger partial charge in [-0.25, -0.2) is 0 Å². The van der Waals surface area contributed by atoms with E-state index in [1.165, 1.54) is 32.1 Å². The molecule has 0 saturated heterocycles. The van der Waals surface area contributed by atoms with Gasteiger partial charge in [-0.1, -0.05) is 13.3 Å². The van der Waals surface area contributed by atoms with Crippen LogP contribution in [0, 0.1) is 5.92 Å². The highest BCUT2D eigenvalue weighted by atomic mass is 16.1. The van der Waals surface area contributed by atoms with Crippen LogP contribution in [0.4, 0.5) is 0 Å². The molecule has 0 aromatic carbocycles. The van der Waals surface area contributed by atoms with Gasteiger partial charge in [0.1, 0.15) is 6.29 Å². The van der Waals surface area contributed by atoms with Crippen molar-refractivity contribution < 1.29 is 4.79 Å². The first-order valence-electron chi connectivity index (χ1n) is 5.03. The molecule has 0 radical (unpaired) electrons. The Bertz CT molecular complexity index is 128. The van der Waals surface area contributed by atoms with Crippen LogP contribution in [0.5, 0.6) is 0 Å². The summed E-state index contributed by atoms with van der Waals surface area (Å²) in [6, 6.07) is 0.609. The predicted octanol–water partition coefficient (Wildman–Crippen LogP) is 1.74. The average molecular weight is 169 g/mol. The SMILES string of the molecule is CCC1CCC(NCC=O)CC1. The van der Waals surface area contributed by atoms with Gasteiger partial charge < -0.3 is 10.1 Å². The van der Waals surface area contributed by atoms with Crippen LogP contribution in [0.2, 0.25) is 0 Å². The average Bonchev–Trinajstić information content (AvgIpc) is 2.15. The Kier molecular flexibility index (Phi) is 4.30. The fourth-order valence-electron chi connectivity index (χ4n) is 1.99. The Hall–Kier alpha value is -0.370. The molecule has 1 N–H and O–H groups in total. The lowest BCUT2D eigenvalue weighted by Gasteiger charge is -2.27. The van der Waals surface area contributed by atoms with Crippen LogP contribution in [0.1, 0.15) is 39.0 Å². The molecule has 0 atom stereocenters. The van der Waals surface area contributed by atoms with Crippen molar-refractivity contribution in [2.45, 2.75) is 45.1 Å². The molecule has 1 aliphatic rings. The van der Waals surface area contributed by atoms with E-state index in [1.807, 2.05) is 0 Å². The lowest BCUT2D eigenvalue weighted by atomic mass is 9.84. The van der Waals surface area contributed by atoms with Crippen molar-refractivity contribution in [1.29, 1.82) is 0 Å². The number of aldehydes is 1. The zero-order valence-electron chi connectivity index (χ0n) is 7.88. The molecule has 0 bridgehead atoms. The van der Waals surface area contributed by atoms with Gasteiger partial charge in [-0.3, -0.25) is 0 Å². The lowest BCUT2D eigenvalue weighted by Crippen LogP contribution is -2.34. The second-order valence-electron chi connectivity index (χ2n) is 3.70. The molecule has 0 amide bonds. The minimum Gasteiger partial charge on any atom is -0.307 e.